The van der Waals surface area contributed by atoms with Gasteiger partial charge < -0.3 is 20.1 Å². The SMILES string of the molecule is O=C(COC(=O)c1ccc2c(c1)C(=O)N(C(Cc1ccccc1)C(=O)OCC(=O)Nc1cccc(Cl)c1Cl)C2=O)Nc1cccc(Cl)c1Cl. The molecule has 15 heteroatoms. The third kappa shape index (κ3) is 8.21. The zero-order chi connectivity index (χ0) is 35.2. The summed E-state index contributed by atoms with van der Waals surface area (Å²) in [6.45, 7) is -1.46. The second kappa shape index (κ2) is 15.5. The molecule has 1 aliphatic rings. The standard InChI is InChI=1S/C34H23Cl4N3O8/c35-22-8-4-10-24(29(22)37)39-27(42)16-48-33(46)19-12-13-20-21(15-19)32(45)41(31(20)44)26(14-18-6-2-1-3-7-18)34(47)49-17-28(43)40-25-11-5-9-23(36)30(25)38/h1-13,15,26H,14,16-17H2,(H,39,42)(H,40,43). The molecule has 11 nitrogen and oxygen atoms in total. The Kier molecular flexibility index (Phi) is 11.2. The number of esters is 2. The lowest BCUT2D eigenvalue weighted by atomic mass is 10.0. The highest BCUT2D eigenvalue weighted by Crippen LogP contribution is 2.31. The molecule has 0 saturated carbocycles. The van der Waals surface area contributed by atoms with E-state index in [2.05, 4.69) is 10.6 Å². The molecule has 4 aromatic rings. The van der Waals surface area contributed by atoms with Crippen LogP contribution in [0.15, 0.2) is 84.9 Å². The number of hydrogen-bond donors (Lipinski definition) is 2. The summed E-state index contributed by atoms with van der Waals surface area (Å²) in [5.41, 5.74) is 0.623. The van der Waals surface area contributed by atoms with Crippen molar-refractivity contribution in [2.45, 2.75) is 12.5 Å². The second-order valence-electron chi connectivity index (χ2n) is 10.4. The Morgan fingerprint density at radius 1 is 0.653 bits per heavy atom. The summed E-state index contributed by atoms with van der Waals surface area (Å²) >= 11 is 24.1. The Hall–Kier alpha value is -4.94. The molecule has 1 atom stereocenters. The zero-order valence-corrected chi connectivity index (χ0v) is 28.0. The van der Waals surface area contributed by atoms with Crippen LogP contribution >= 0.6 is 46.4 Å². The van der Waals surface area contributed by atoms with Crippen molar-refractivity contribution in [3.05, 3.63) is 127 Å². The molecule has 2 N–H and O–H groups in total. The molecule has 0 bridgehead atoms. The lowest BCUT2D eigenvalue weighted by Gasteiger charge is -2.24. The first-order chi connectivity index (χ1) is 23.4. The molecule has 0 radical (unpaired) electrons. The van der Waals surface area contributed by atoms with Crippen LogP contribution < -0.4 is 10.6 Å². The Morgan fingerprint density at radius 2 is 1.20 bits per heavy atom. The topological polar surface area (TPSA) is 148 Å². The van der Waals surface area contributed by atoms with E-state index in [0.29, 0.717) is 5.56 Å². The normalized spacial score (nSPS) is 12.6. The predicted octanol–water partition coefficient (Wildman–Crippen LogP) is 6.48. The summed E-state index contributed by atoms with van der Waals surface area (Å²) in [4.78, 5) is 79.1. The highest BCUT2D eigenvalue weighted by molar-refractivity contribution is 6.44. The van der Waals surface area contributed by atoms with E-state index in [-0.39, 0.29) is 54.6 Å². The molecule has 0 aromatic heterocycles. The van der Waals surface area contributed by atoms with E-state index in [1.165, 1.54) is 36.4 Å². The maximum atomic E-state index is 13.6. The zero-order valence-electron chi connectivity index (χ0n) is 25.0. The minimum Gasteiger partial charge on any atom is -0.454 e. The Labute approximate surface area is 299 Å². The van der Waals surface area contributed by atoms with Crippen LogP contribution in [-0.4, -0.2) is 59.7 Å². The summed E-state index contributed by atoms with van der Waals surface area (Å²) in [5, 5.41) is 5.57. The Balaban J connectivity index is 1.29. The quantitative estimate of drug-likeness (QED) is 0.131. The van der Waals surface area contributed by atoms with Crippen molar-refractivity contribution in [1.82, 2.24) is 4.90 Å². The lowest BCUT2D eigenvalue weighted by Crippen LogP contribution is -2.47. The van der Waals surface area contributed by atoms with Gasteiger partial charge in [0.05, 0.1) is 48.2 Å². The van der Waals surface area contributed by atoms with Crippen LogP contribution in [0, 0.1) is 0 Å². The van der Waals surface area contributed by atoms with Gasteiger partial charge in [0.2, 0.25) is 0 Å². The molecular formula is C34H23Cl4N3O8. The lowest BCUT2D eigenvalue weighted by molar-refractivity contribution is -0.151. The number of fused-ring (bicyclic) bond motifs is 1. The fourth-order valence-electron chi connectivity index (χ4n) is 4.81. The highest BCUT2D eigenvalue weighted by Gasteiger charge is 2.44. The summed E-state index contributed by atoms with van der Waals surface area (Å²) in [6.07, 6.45) is -0.131. The van der Waals surface area contributed by atoms with Gasteiger partial charge in [-0.2, -0.15) is 0 Å². The number of benzene rings is 4. The molecule has 1 heterocycles. The molecule has 0 saturated heterocycles. The van der Waals surface area contributed by atoms with E-state index in [9.17, 15) is 28.8 Å². The smallest absolute Gasteiger partial charge is 0.338 e. The van der Waals surface area contributed by atoms with Crippen LogP contribution in [0.25, 0.3) is 0 Å². The van der Waals surface area contributed by atoms with Gasteiger partial charge in [0, 0.05) is 6.42 Å². The van der Waals surface area contributed by atoms with Gasteiger partial charge in [-0.3, -0.25) is 24.1 Å². The van der Waals surface area contributed by atoms with Crippen LogP contribution in [0.2, 0.25) is 20.1 Å². The van der Waals surface area contributed by atoms with E-state index in [1.54, 1.807) is 42.5 Å². The summed E-state index contributed by atoms with van der Waals surface area (Å²) in [5.74, 6) is -5.13. The fraction of sp³-hybridized carbons (Fsp3) is 0.118. The first kappa shape index (κ1) is 35.4. The van der Waals surface area contributed by atoms with E-state index >= 15 is 0 Å². The molecule has 0 fully saturated rings. The molecule has 250 valence electrons. The van der Waals surface area contributed by atoms with Crippen LogP contribution in [0.5, 0.6) is 0 Å². The van der Waals surface area contributed by atoms with Crippen molar-refractivity contribution in [3.8, 4) is 0 Å². The largest absolute Gasteiger partial charge is 0.454 e. The van der Waals surface area contributed by atoms with Gasteiger partial charge in [0.1, 0.15) is 6.04 Å². The van der Waals surface area contributed by atoms with Crippen LogP contribution in [0.3, 0.4) is 0 Å². The summed E-state index contributed by atoms with van der Waals surface area (Å²) in [7, 11) is 0. The molecule has 0 aliphatic carbocycles. The fourth-order valence-corrected chi connectivity index (χ4v) is 5.50. The van der Waals surface area contributed by atoms with Crippen molar-refractivity contribution < 1.29 is 38.2 Å². The summed E-state index contributed by atoms with van der Waals surface area (Å²) in [6, 6.07) is 19.9. The number of ether oxygens (including phenoxy) is 2. The Bertz CT molecular complexity index is 1990. The molecule has 0 spiro atoms. The van der Waals surface area contributed by atoms with Crippen molar-refractivity contribution in [2.75, 3.05) is 23.8 Å². The van der Waals surface area contributed by atoms with E-state index < -0.39 is 54.8 Å². The van der Waals surface area contributed by atoms with Gasteiger partial charge in [0.15, 0.2) is 13.2 Å². The molecule has 1 unspecified atom stereocenters. The monoisotopic (exact) mass is 741 g/mol. The number of carbonyl (C=O) groups excluding carboxylic acids is 6. The molecule has 5 rings (SSSR count). The third-order valence-corrected chi connectivity index (χ3v) is 8.78. The second-order valence-corrected chi connectivity index (χ2v) is 12.0. The number of carbonyl (C=O) groups is 6. The van der Waals surface area contributed by atoms with Crippen molar-refractivity contribution in [2.24, 2.45) is 0 Å². The molecular weight excluding hydrogens is 720 g/mol. The van der Waals surface area contributed by atoms with Crippen LogP contribution in [0.4, 0.5) is 11.4 Å². The number of halogens is 4. The number of hydrogen-bond acceptors (Lipinski definition) is 8. The maximum absolute atomic E-state index is 13.6. The van der Waals surface area contributed by atoms with Crippen molar-refractivity contribution in [3.63, 3.8) is 0 Å². The number of nitrogens with one attached hydrogen (secondary N) is 2. The molecule has 4 aromatic carbocycles. The van der Waals surface area contributed by atoms with E-state index in [4.69, 9.17) is 55.9 Å². The average Bonchev–Trinajstić information content (AvgIpc) is 3.34. The van der Waals surface area contributed by atoms with Gasteiger partial charge in [-0.25, -0.2) is 9.59 Å². The Morgan fingerprint density at radius 3 is 1.80 bits per heavy atom. The van der Waals surface area contributed by atoms with E-state index in [0.717, 1.165) is 11.0 Å². The van der Waals surface area contributed by atoms with Crippen LogP contribution in [-0.2, 0) is 30.3 Å². The number of rotatable bonds is 11. The first-order valence-electron chi connectivity index (χ1n) is 14.3. The molecule has 49 heavy (non-hydrogen) atoms. The van der Waals surface area contributed by atoms with E-state index in [1.807, 2.05) is 0 Å². The number of anilines is 2. The van der Waals surface area contributed by atoms with Crippen LogP contribution in [0.1, 0.15) is 36.6 Å². The van der Waals surface area contributed by atoms with Crippen molar-refractivity contribution >= 4 is 93.3 Å². The van der Waals surface area contributed by atoms with Gasteiger partial charge in [0.25, 0.3) is 23.6 Å². The van der Waals surface area contributed by atoms with Gasteiger partial charge in [-0.15, -0.1) is 0 Å². The predicted molar refractivity (Wildman–Crippen MR) is 182 cm³/mol. The number of imide groups is 1. The molecule has 4 amide bonds. The minimum absolute atomic E-state index is 0.0749. The number of nitrogens with zero attached hydrogens (tertiary/aromatic N) is 1. The van der Waals surface area contributed by atoms with Gasteiger partial charge >= 0.3 is 11.9 Å². The first-order valence-corrected chi connectivity index (χ1v) is 15.8. The average molecular weight is 743 g/mol. The highest BCUT2D eigenvalue weighted by atomic mass is 35.5. The molecule has 1 aliphatic heterocycles. The summed E-state index contributed by atoms with van der Waals surface area (Å²) < 4.78 is 10.4. The number of amides is 4. The van der Waals surface area contributed by atoms with Gasteiger partial charge in [-0.1, -0.05) is 88.9 Å². The van der Waals surface area contributed by atoms with Gasteiger partial charge in [-0.05, 0) is 48.0 Å². The third-order valence-electron chi connectivity index (χ3n) is 7.14. The minimum atomic E-state index is -1.48. The maximum Gasteiger partial charge on any atom is 0.338 e. The van der Waals surface area contributed by atoms with Crippen molar-refractivity contribution in [1.29, 1.82) is 0 Å².